The molecule has 34 heavy (non-hydrogen) atoms. The molecular formula is C26H32N2O6. The van der Waals surface area contributed by atoms with Gasteiger partial charge in [0.15, 0.2) is 11.5 Å². The number of carbonyl (C=O) groups is 2. The van der Waals surface area contributed by atoms with E-state index in [9.17, 15) is 14.7 Å². The summed E-state index contributed by atoms with van der Waals surface area (Å²) in [6.07, 6.45) is 0.657. The Kier molecular flexibility index (Phi) is 7.83. The molecule has 0 aliphatic carbocycles. The van der Waals surface area contributed by atoms with Crippen molar-refractivity contribution in [2.75, 3.05) is 48.5 Å². The summed E-state index contributed by atoms with van der Waals surface area (Å²) in [5.41, 5.74) is 1.81. The van der Waals surface area contributed by atoms with Gasteiger partial charge in [0.2, 0.25) is 0 Å². The number of likely N-dealkylation sites (tertiary alicyclic amines) is 1. The maximum Gasteiger partial charge on any atom is 0.295 e. The molecule has 1 atom stereocenters. The number of ether oxygens (including phenoxy) is 3. The maximum absolute atomic E-state index is 13.3. The number of Topliss-reactive ketones (excluding diaryl/α,β-unsaturated/α-hetero) is 1. The molecule has 1 N–H and O–H groups in total. The number of aryl methyl sites for hydroxylation is 1. The van der Waals surface area contributed by atoms with E-state index in [1.54, 1.807) is 43.5 Å². The van der Waals surface area contributed by atoms with Crippen LogP contribution in [-0.4, -0.2) is 75.1 Å². The highest BCUT2D eigenvalue weighted by Gasteiger charge is 2.47. The number of aliphatic hydroxyl groups is 1. The van der Waals surface area contributed by atoms with Crippen LogP contribution >= 0.6 is 0 Å². The molecule has 0 bridgehead atoms. The number of methoxy groups -OCH3 is 3. The van der Waals surface area contributed by atoms with Crippen molar-refractivity contribution in [3.63, 3.8) is 0 Å². The number of rotatable bonds is 9. The van der Waals surface area contributed by atoms with Gasteiger partial charge in [-0.25, -0.2) is 0 Å². The van der Waals surface area contributed by atoms with Gasteiger partial charge in [-0.1, -0.05) is 12.1 Å². The van der Waals surface area contributed by atoms with Gasteiger partial charge in [-0.3, -0.25) is 9.59 Å². The summed E-state index contributed by atoms with van der Waals surface area (Å²) in [7, 11) is 8.49. The molecule has 1 heterocycles. The van der Waals surface area contributed by atoms with Crippen molar-refractivity contribution in [1.29, 1.82) is 0 Å². The lowest BCUT2D eigenvalue weighted by Crippen LogP contribution is -2.32. The number of hydrogen-bond donors (Lipinski definition) is 1. The van der Waals surface area contributed by atoms with Crippen molar-refractivity contribution in [3.05, 3.63) is 58.7 Å². The van der Waals surface area contributed by atoms with Crippen molar-refractivity contribution in [3.8, 4) is 17.2 Å². The first-order chi connectivity index (χ1) is 16.2. The fourth-order valence-electron chi connectivity index (χ4n) is 4.30. The van der Waals surface area contributed by atoms with Gasteiger partial charge in [0, 0.05) is 17.7 Å². The van der Waals surface area contributed by atoms with Gasteiger partial charge in [-0.15, -0.1) is 0 Å². The van der Waals surface area contributed by atoms with Crippen LogP contribution in [-0.2, 0) is 9.59 Å². The zero-order valence-electron chi connectivity index (χ0n) is 20.5. The average Bonchev–Trinajstić information content (AvgIpc) is 3.07. The SMILES string of the molecule is COc1ccc(/C(O)=C2\C(=O)C(=O)N(CCCN(C)C)[C@@H]2c2cccc(OC)c2OC)cc1C. The minimum absolute atomic E-state index is 0.0194. The highest BCUT2D eigenvalue weighted by molar-refractivity contribution is 6.46. The monoisotopic (exact) mass is 468 g/mol. The van der Waals surface area contributed by atoms with Crippen molar-refractivity contribution in [2.45, 2.75) is 19.4 Å². The number of ketones is 1. The number of carbonyl (C=O) groups excluding carboxylic acids is 2. The highest BCUT2D eigenvalue weighted by atomic mass is 16.5. The van der Waals surface area contributed by atoms with E-state index in [0.717, 1.165) is 12.1 Å². The van der Waals surface area contributed by atoms with E-state index in [1.165, 1.54) is 19.1 Å². The zero-order valence-corrected chi connectivity index (χ0v) is 20.5. The van der Waals surface area contributed by atoms with Crippen LogP contribution in [0.1, 0.15) is 29.2 Å². The van der Waals surface area contributed by atoms with Crippen LogP contribution in [0.25, 0.3) is 5.76 Å². The first-order valence-electron chi connectivity index (χ1n) is 11.0. The normalized spacial score (nSPS) is 17.4. The molecule has 0 spiro atoms. The van der Waals surface area contributed by atoms with E-state index in [4.69, 9.17) is 14.2 Å². The summed E-state index contributed by atoms with van der Waals surface area (Å²) in [6, 6.07) is 9.59. The fourth-order valence-corrected chi connectivity index (χ4v) is 4.30. The highest BCUT2D eigenvalue weighted by Crippen LogP contribution is 2.45. The Balaban J connectivity index is 2.21. The molecule has 2 aromatic carbocycles. The Morgan fingerprint density at radius 2 is 1.74 bits per heavy atom. The molecule has 1 fully saturated rings. The number of aliphatic hydroxyl groups excluding tert-OH is 1. The van der Waals surface area contributed by atoms with Crippen LogP contribution in [0.15, 0.2) is 42.0 Å². The third-order valence-corrected chi connectivity index (χ3v) is 5.94. The summed E-state index contributed by atoms with van der Waals surface area (Å²) in [4.78, 5) is 29.9. The first-order valence-corrected chi connectivity index (χ1v) is 11.0. The maximum atomic E-state index is 13.3. The molecular weight excluding hydrogens is 436 g/mol. The lowest BCUT2D eigenvalue weighted by atomic mass is 9.94. The third kappa shape index (κ3) is 4.72. The molecule has 8 nitrogen and oxygen atoms in total. The van der Waals surface area contributed by atoms with Crippen molar-refractivity contribution in [2.24, 2.45) is 0 Å². The summed E-state index contributed by atoms with van der Waals surface area (Å²) in [6.45, 7) is 2.92. The van der Waals surface area contributed by atoms with E-state index in [1.807, 2.05) is 25.9 Å². The Hall–Kier alpha value is -3.52. The quantitative estimate of drug-likeness (QED) is 0.343. The molecule has 1 saturated heterocycles. The largest absolute Gasteiger partial charge is 0.507 e. The lowest BCUT2D eigenvalue weighted by molar-refractivity contribution is -0.140. The molecule has 1 aliphatic heterocycles. The predicted octanol–water partition coefficient (Wildman–Crippen LogP) is 3.39. The van der Waals surface area contributed by atoms with Crippen molar-refractivity contribution >= 4 is 17.4 Å². The minimum Gasteiger partial charge on any atom is -0.507 e. The van der Waals surface area contributed by atoms with Crippen LogP contribution < -0.4 is 14.2 Å². The number of para-hydroxylation sites is 1. The lowest BCUT2D eigenvalue weighted by Gasteiger charge is -2.27. The molecule has 8 heteroatoms. The summed E-state index contributed by atoms with van der Waals surface area (Å²) >= 11 is 0. The predicted molar refractivity (Wildman–Crippen MR) is 129 cm³/mol. The molecule has 0 unspecified atom stereocenters. The summed E-state index contributed by atoms with van der Waals surface area (Å²) < 4.78 is 16.4. The number of benzene rings is 2. The van der Waals surface area contributed by atoms with Gasteiger partial charge in [0.25, 0.3) is 11.7 Å². The Morgan fingerprint density at radius 3 is 2.32 bits per heavy atom. The van der Waals surface area contributed by atoms with Gasteiger partial charge in [-0.2, -0.15) is 0 Å². The van der Waals surface area contributed by atoms with Gasteiger partial charge in [0.05, 0.1) is 32.9 Å². The first kappa shape index (κ1) is 25.1. The minimum atomic E-state index is -0.824. The fraction of sp³-hybridized carbons (Fsp3) is 0.385. The second-order valence-corrected chi connectivity index (χ2v) is 8.42. The van der Waals surface area contributed by atoms with Crippen LogP contribution in [0.3, 0.4) is 0 Å². The van der Waals surface area contributed by atoms with Crippen molar-refractivity contribution in [1.82, 2.24) is 9.80 Å². The Bertz CT molecular complexity index is 1110. The number of hydrogen-bond acceptors (Lipinski definition) is 7. The van der Waals surface area contributed by atoms with Gasteiger partial charge < -0.3 is 29.1 Å². The molecule has 1 aliphatic rings. The molecule has 2 aromatic rings. The van der Waals surface area contributed by atoms with E-state index in [2.05, 4.69) is 0 Å². The smallest absolute Gasteiger partial charge is 0.295 e. The standard InChI is InChI=1S/C26H32N2O6/c1-16-15-17(11-12-19(16)32-4)23(29)21-22(18-9-7-10-20(33-5)25(18)34-6)28(26(31)24(21)30)14-8-13-27(2)3/h7,9-12,15,22,29H,8,13-14H2,1-6H3/b23-21+/t22-/m1/s1. The molecule has 0 aromatic heterocycles. The van der Waals surface area contributed by atoms with Crippen LogP contribution in [0, 0.1) is 6.92 Å². The van der Waals surface area contributed by atoms with Gasteiger partial charge in [-0.05, 0) is 63.8 Å². The zero-order chi connectivity index (χ0) is 25.0. The van der Waals surface area contributed by atoms with Crippen LogP contribution in [0.2, 0.25) is 0 Å². The summed E-state index contributed by atoms with van der Waals surface area (Å²) in [5, 5.41) is 11.3. The number of amides is 1. The van der Waals surface area contributed by atoms with E-state index in [0.29, 0.717) is 41.3 Å². The van der Waals surface area contributed by atoms with Gasteiger partial charge in [0.1, 0.15) is 11.5 Å². The molecule has 0 saturated carbocycles. The van der Waals surface area contributed by atoms with Crippen LogP contribution in [0.4, 0.5) is 0 Å². The van der Waals surface area contributed by atoms with E-state index in [-0.39, 0.29) is 11.3 Å². The second-order valence-electron chi connectivity index (χ2n) is 8.42. The molecule has 3 rings (SSSR count). The summed E-state index contributed by atoms with van der Waals surface area (Å²) in [5.74, 6) is -0.0858. The molecule has 182 valence electrons. The average molecular weight is 469 g/mol. The molecule has 1 amide bonds. The Morgan fingerprint density at radius 1 is 1.03 bits per heavy atom. The second kappa shape index (κ2) is 10.6. The third-order valence-electron chi connectivity index (χ3n) is 5.94. The van der Waals surface area contributed by atoms with Gasteiger partial charge >= 0.3 is 0 Å². The topological polar surface area (TPSA) is 88.5 Å². The Labute approximate surface area is 200 Å². The van der Waals surface area contributed by atoms with Crippen molar-refractivity contribution < 1.29 is 28.9 Å². The molecule has 0 radical (unpaired) electrons. The van der Waals surface area contributed by atoms with Crippen LogP contribution in [0.5, 0.6) is 17.2 Å². The van der Waals surface area contributed by atoms with E-state index < -0.39 is 17.7 Å². The number of nitrogens with zero attached hydrogens (tertiary/aromatic N) is 2. The van der Waals surface area contributed by atoms with E-state index >= 15 is 0 Å².